The molecular weight excluding hydrogens is 467 g/mol. The van der Waals surface area contributed by atoms with Gasteiger partial charge in [0.1, 0.15) is 29.6 Å². The third kappa shape index (κ3) is 3.93. The van der Waals surface area contributed by atoms with Gasteiger partial charge in [-0.3, -0.25) is 14.6 Å². The molecule has 0 unspecified atom stereocenters. The summed E-state index contributed by atoms with van der Waals surface area (Å²) in [6, 6.07) is 3.24. The Morgan fingerprint density at radius 3 is 2.69 bits per heavy atom. The first-order chi connectivity index (χ1) is 16.7. The Balaban J connectivity index is 1.54. The summed E-state index contributed by atoms with van der Waals surface area (Å²) in [6.07, 6.45) is -2.01. The van der Waals surface area contributed by atoms with Crippen molar-refractivity contribution in [2.24, 2.45) is 0 Å². The Kier molecular flexibility index (Phi) is 5.55. The SMILES string of the molecule is C[C@H](c1ccc(C(F)(F)F)nc1)n1nc(C#N)c2c(=O)[nH]c([C@@H]3CC[C@H]3N3CCOCC3=O)nc21. The standard InChI is InChI=1S/C22H20F3N7O3/c1-11(12-2-5-16(27-9-12)22(23,24)25)32-20-18(14(8-26)30-32)21(34)29-19(28-20)13-3-4-15(13)31-6-7-35-10-17(31)33/h2,5,9,11,13,15H,3-4,6-7,10H2,1H3,(H,28,29,34)/t11-,13-,15-/m1/s1. The van der Waals surface area contributed by atoms with Crippen LogP contribution in [0.1, 0.15) is 54.5 Å². The number of aromatic nitrogens is 5. The Morgan fingerprint density at radius 2 is 2.09 bits per heavy atom. The van der Waals surface area contributed by atoms with Gasteiger partial charge in [-0.25, -0.2) is 9.67 Å². The van der Waals surface area contributed by atoms with Gasteiger partial charge in [0.05, 0.1) is 12.6 Å². The predicted molar refractivity (Wildman–Crippen MR) is 114 cm³/mol. The van der Waals surface area contributed by atoms with E-state index in [4.69, 9.17) is 4.74 Å². The van der Waals surface area contributed by atoms with Crippen molar-refractivity contribution in [2.75, 3.05) is 19.8 Å². The van der Waals surface area contributed by atoms with E-state index in [1.165, 1.54) is 10.7 Å². The molecule has 182 valence electrons. The lowest BCUT2D eigenvalue weighted by molar-refractivity contribution is -0.148. The number of nitrogens with zero attached hydrogens (tertiary/aromatic N) is 6. The Morgan fingerprint density at radius 1 is 1.29 bits per heavy atom. The number of amides is 1. The fourth-order valence-corrected chi connectivity index (χ4v) is 4.60. The van der Waals surface area contributed by atoms with Crippen LogP contribution in [-0.4, -0.2) is 61.3 Å². The summed E-state index contributed by atoms with van der Waals surface area (Å²) in [5.41, 5.74) is -1.16. The first-order valence-electron chi connectivity index (χ1n) is 11.0. The van der Waals surface area contributed by atoms with Gasteiger partial charge in [0, 0.05) is 24.7 Å². The summed E-state index contributed by atoms with van der Waals surface area (Å²) in [7, 11) is 0. The van der Waals surface area contributed by atoms with Crippen LogP contribution in [0.4, 0.5) is 13.2 Å². The number of halogens is 3. The molecule has 1 aliphatic heterocycles. The number of carbonyl (C=O) groups excluding carboxylic acids is 1. The van der Waals surface area contributed by atoms with Crippen molar-refractivity contribution in [2.45, 2.75) is 43.9 Å². The summed E-state index contributed by atoms with van der Waals surface area (Å²) in [5.74, 6) is 0.0575. The molecule has 4 heterocycles. The predicted octanol–water partition coefficient (Wildman–Crippen LogP) is 2.12. The molecule has 13 heteroatoms. The fraction of sp³-hybridized carbons (Fsp3) is 0.455. The van der Waals surface area contributed by atoms with E-state index in [1.807, 2.05) is 6.07 Å². The molecule has 0 aromatic carbocycles. The van der Waals surface area contributed by atoms with Crippen molar-refractivity contribution < 1.29 is 22.7 Å². The zero-order chi connectivity index (χ0) is 24.9. The maximum absolute atomic E-state index is 13.0. The molecule has 5 rings (SSSR count). The number of H-pyrrole nitrogens is 1. The number of carbonyl (C=O) groups is 1. The minimum atomic E-state index is -4.57. The van der Waals surface area contributed by atoms with Crippen LogP contribution in [0, 0.1) is 11.3 Å². The van der Waals surface area contributed by atoms with E-state index in [0.717, 1.165) is 18.7 Å². The van der Waals surface area contributed by atoms with E-state index in [-0.39, 0.29) is 41.2 Å². The summed E-state index contributed by atoms with van der Waals surface area (Å²) in [5, 5.41) is 13.8. The van der Waals surface area contributed by atoms with E-state index in [0.29, 0.717) is 31.0 Å². The van der Waals surface area contributed by atoms with Gasteiger partial charge in [-0.1, -0.05) is 6.07 Å². The van der Waals surface area contributed by atoms with Gasteiger partial charge in [-0.15, -0.1) is 0 Å². The zero-order valence-corrected chi connectivity index (χ0v) is 18.5. The molecule has 3 aromatic heterocycles. The summed E-state index contributed by atoms with van der Waals surface area (Å²) < 4.78 is 45.2. The van der Waals surface area contributed by atoms with Crippen molar-refractivity contribution in [1.82, 2.24) is 29.6 Å². The Labute approximate surface area is 196 Å². The zero-order valence-electron chi connectivity index (χ0n) is 18.5. The number of morpholine rings is 1. The van der Waals surface area contributed by atoms with Gasteiger partial charge in [0.25, 0.3) is 5.56 Å². The smallest absolute Gasteiger partial charge is 0.370 e. The van der Waals surface area contributed by atoms with E-state index < -0.39 is 23.5 Å². The number of fused-ring (bicyclic) bond motifs is 1. The number of ether oxygens (including phenoxy) is 1. The molecule has 35 heavy (non-hydrogen) atoms. The average Bonchev–Trinajstić information content (AvgIpc) is 3.18. The van der Waals surface area contributed by atoms with Gasteiger partial charge < -0.3 is 14.6 Å². The van der Waals surface area contributed by atoms with Crippen LogP contribution in [0.25, 0.3) is 11.0 Å². The first kappa shape index (κ1) is 23.0. The summed E-state index contributed by atoms with van der Waals surface area (Å²) >= 11 is 0. The quantitative estimate of drug-likeness (QED) is 0.597. The molecule has 1 aliphatic carbocycles. The highest BCUT2D eigenvalue weighted by Crippen LogP contribution is 2.39. The Hall–Kier alpha value is -3.79. The van der Waals surface area contributed by atoms with Crippen LogP contribution in [0.15, 0.2) is 23.1 Å². The second-order valence-corrected chi connectivity index (χ2v) is 8.60. The van der Waals surface area contributed by atoms with Crippen LogP contribution in [0.2, 0.25) is 0 Å². The third-order valence-electron chi connectivity index (χ3n) is 6.62. The largest absolute Gasteiger partial charge is 0.433 e. The molecule has 1 saturated heterocycles. The van der Waals surface area contributed by atoms with E-state index in [2.05, 4.69) is 20.1 Å². The molecule has 2 fully saturated rings. The minimum absolute atomic E-state index is 0.00120. The van der Waals surface area contributed by atoms with Crippen LogP contribution < -0.4 is 5.56 Å². The first-order valence-corrected chi connectivity index (χ1v) is 11.0. The molecule has 1 saturated carbocycles. The highest BCUT2D eigenvalue weighted by atomic mass is 19.4. The minimum Gasteiger partial charge on any atom is -0.370 e. The van der Waals surface area contributed by atoms with Crippen molar-refractivity contribution in [3.8, 4) is 6.07 Å². The van der Waals surface area contributed by atoms with Gasteiger partial charge in [0.15, 0.2) is 11.3 Å². The molecule has 0 bridgehead atoms. The fourth-order valence-electron chi connectivity index (χ4n) is 4.60. The molecule has 2 aliphatic rings. The third-order valence-corrected chi connectivity index (χ3v) is 6.62. The van der Waals surface area contributed by atoms with E-state index in [1.54, 1.807) is 11.8 Å². The van der Waals surface area contributed by atoms with Gasteiger partial charge >= 0.3 is 6.18 Å². The second kappa shape index (κ2) is 8.46. The number of rotatable bonds is 4. The molecule has 10 nitrogen and oxygen atoms in total. The highest BCUT2D eigenvalue weighted by Gasteiger charge is 2.41. The number of nitrogens with one attached hydrogen (secondary N) is 1. The second-order valence-electron chi connectivity index (χ2n) is 8.60. The maximum Gasteiger partial charge on any atom is 0.433 e. The molecule has 1 N–H and O–H groups in total. The highest BCUT2D eigenvalue weighted by molar-refractivity contribution is 5.80. The lowest BCUT2D eigenvalue weighted by Gasteiger charge is -2.45. The number of nitriles is 1. The van der Waals surface area contributed by atoms with Crippen LogP contribution >= 0.6 is 0 Å². The lowest BCUT2D eigenvalue weighted by atomic mass is 9.77. The molecule has 3 aromatic rings. The maximum atomic E-state index is 13.0. The van der Waals surface area contributed by atoms with Crippen molar-refractivity contribution >= 4 is 16.9 Å². The molecule has 1 amide bonds. The molecule has 0 spiro atoms. The van der Waals surface area contributed by atoms with Gasteiger partial charge in [-0.05, 0) is 31.4 Å². The van der Waals surface area contributed by atoms with Crippen LogP contribution in [0.3, 0.4) is 0 Å². The molecular formula is C22H20F3N7O3. The number of pyridine rings is 1. The number of aromatic amines is 1. The van der Waals surface area contributed by atoms with Gasteiger partial charge in [0.2, 0.25) is 5.91 Å². The topological polar surface area (TPSA) is 130 Å². The van der Waals surface area contributed by atoms with Crippen LogP contribution in [0.5, 0.6) is 0 Å². The number of alkyl halides is 3. The summed E-state index contributed by atoms with van der Waals surface area (Å²) in [4.78, 5) is 37.9. The van der Waals surface area contributed by atoms with Crippen LogP contribution in [-0.2, 0) is 15.7 Å². The van der Waals surface area contributed by atoms with Crippen molar-refractivity contribution in [3.05, 3.63) is 51.5 Å². The average molecular weight is 487 g/mol. The lowest BCUT2D eigenvalue weighted by Crippen LogP contribution is -2.54. The normalized spacial score (nSPS) is 21.6. The number of hydrogen-bond acceptors (Lipinski definition) is 7. The van der Waals surface area contributed by atoms with E-state index >= 15 is 0 Å². The van der Waals surface area contributed by atoms with Gasteiger partial charge in [-0.2, -0.15) is 23.5 Å². The van der Waals surface area contributed by atoms with E-state index in [9.17, 15) is 28.0 Å². The monoisotopic (exact) mass is 487 g/mol. The molecule has 3 atom stereocenters. The number of hydrogen-bond donors (Lipinski definition) is 1. The summed E-state index contributed by atoms with van der Waals surface area (Å²) in [6.45, 7) is 2.58. The van der Waals surface area contributed by atoms with Crippen molar-refractivity contribution in [1.29, 1.82) is 5.26 Å². The Bertz CT molecular complexity index is 1390. The molecule has 0 radical (unpaired) electrons. The van der Waals surface area contributed by atoms with Crippen molar-refractivity contribution in [3.63, 3.8) is 0 Å².